The third kappa shape index (κ3) is 5.29. The van der Waals surface area contributed by atoms with Crippen LogP contribution in [-0.4, -0.2) is 25.2 Å². The second-order valence-corrected chi connectivity index (χ2v) is 14.7. The van der Waals surface area contributed by atoms with Crippen molar-refractivity contribution in [3.8, 4) is 39.6 Å². The van der Waals surface area contributed by atoms with Crippen molar-refractivity contribution < 1.29 is 0 Å². The van der Waals surface area contributed by atoms with Crippen molar-refractivity contribution >= 4 is 71.7 Å². The van der Waals surface area contributed by atoms with Crippen LogP contribution < -0.4 is 0 Å². The number of para-hydroxylation sites is 1. The highest BCUT2D eigenvalue weighted by atomic mass is 15.0. The summed E-state index contributed by atoms with van der Waals surface area (Å²) < 4.78 is 4.78. The second kappa shape index (κ2) is 13.4. The van der Waals surface area contributed by atoms with Gasteiger partial charge in [-0.1, -0.05) is 140 Å². The molecule has 0 amide bonds. The minimum Gasteiger partial charge on any atom is -0.309 e. The molecule has 0 atom stereocenters. The van der Waals surface area contributed by atoms with Gasteiger partial charge in [0.1, 0.15) is 0 Å². The fraction of sp³-hybridized carbons (Fsp3) is 0. The number of nitrogens with one attached hydrogen (secondary N) is 1. The van der Waals surface area contributed by atoms with E-state index in [2.05, 4.69) is 155 Å². The van der Waals surface area contributed by atoms with Crippen LogP contribution in [0.15, 0.2) is 195 Å². The van der Waals surface area contributed by atoms with Gasteiger partial charge in [-0.05, 0) is 71.1 Å². The van der Waals surface area contributed by atoms with Gasteiger partial charge in [-0.15, -0.1) is 0 Å². The Hall–Kier alpha value is -7.89. The lowest BCUT2D eigenvalue weighted by Gasteiger charge is -2.13. The molecule has 0 aliphatic carbocycles. The Balaban J connectivity index is 1.20. The number of fused-ring (bicyclic) bond motifs is 11. The van der Waals surface area contributed by atoms with Crippen molar-refractivity contribution in [3.63, 3.8) is 0 Å². The van der Waals surface area contributed by atoms with Gasteiger partial charge >= 0.3 is 0 Å². The largest absolute Gasteiger partial charge is 0.309 e. The lowest BCUT2D eigenvalue weighted by atomic mass is 10.0. The van der Waals surface area contributed by atoms with E-state index in [0.717, 1.165) is 72.2 Å². The summed E-state index contributed by atoms with van der Waals surface area (Å²) in [6.07, 6.45) is 5.02. The molecule has 0 saturated heterocycles. The maximum atomic E-state index is 8.20. The highest BCUT2D eigenvalue weighted by molar-refractivity contribution is 6.20. The third-order valence-electron chi connectivity index (χ3n) is 11.3. The van der Waals surface area contributed by atoms with Crippen molar-refractivity contribution in [2.75, 3.05) is 0 Å². The molecule has 5 heteroatoms. The van der Waals surface area contributed by atoms with Gasteiger partial charge in [0.2, 0.25) is 0 Å². The Morgan fingerprint density at radius 1 is 0.483 bits per heavy atom. The van der Waals surface area contributed by atoms with E-state index in [-0.39, 0.29) is 0 Å². The van der Waals surface area contributed by atoms with Crippen molar-refractivity contribution in [2.24, 2.45) is 0 Å². The first-order valence-corrected chi connectivity index (χ1v) is 19.4. The average molecular weight is 742 g/mol. The normalized spacial score (nSPS) is 12.0. The van der Waals surface area contributed by atoms with Gasteiger partial charge < -0.3 is 14.4 Å². The number of pyridine rings is 1. The highest BCUT2D eigenvalue weighted by Gasteiger charge is 2.19. The fourth-order valence-electron chi connectivity index (χ4n) is 8.70. The zero-order chi connectivity index (χ0) is 38.7. The minimum atomic E-state index is 0.661. The smallest absolute Gasteiger partial charge is 0.160 e. The molecule has 11 aromatic rings. The second-order valence-electron chi connectivity index (χ2n) is 14.7. The molecule has 0 spiro atoms. The van der Waals surface area contributed by atoms with Gasteiger partial charge in [0.25, 0.3) is 0 Å². The van der Waals surface area contributed by atoms with E-state index in [1.165, 1.54) is 38.8 Å². The monoisotopic (exact) mass is 741 g/mol. The number of allylic oxidation sites excluding steroid dienone is 3. The number of nitrogens with zero attached hydrogens (tertiary/aromatic N) is 4. The topological polar surface area (TPSA) is 59.0 Å². The summed E-state index contributed by atoms with van der Waals surface area (Å²) in [5.41, 5.74) is 13.2. The van der Waals surface area contributed by atoms with Crippen molar-refractivity contribution in [2.45, 2.75) is 0 Å². The summed E-state index contributed by atoms with van der Waals surface area (Å²) >= 11 is 0. The molecule has 7 aromatic carbocycles. The summed E-state index contributed by atoms with van der Waals surface area (Å²) in [6.45, 7) is 3.91. The molecule has 0 saturated carbocycles. The van der Waals surface area contributed by atoms with Crippen molar-refractivity contribution in [1.29, 1.82) is 5.41 Å². The molecule has 58 heavy (non-hydrogen) atoms. The number of benzene rings is 7. The van der Waals surface area contributed by atoms with E-state index in [1.54, 1.807) is 6.08 Å². The Labute approximate surface area is 334 Å². The first kappa shape index (κ1) is 33.4. The first-order chi connectivity index (χ1) is 28.7. The van der Waals surface area contributed by atoms with Crippen LogP contribution in [0.4, 0.5) is 0 Å². The number of rotatable bonds is 7. The molecule has 0 aliphatic heterocycles. The average Bonchev–Trinajstić information content (AvgIpc) is 3.83. The third-order valence-corrected chi connectivity index (χ3v) is 11.3. The molecule has 272 valence electrons. The Morgan fingerprint density at radius 3 is 1.83 bits per heavy atom. The SMILES string of the molecule is C=C/C=C(\C=N)c1ccc2c(c1)c1cc3cc4c5ccccc5c5ccccc5n4c3cc1n2-c1cccc(-c2nc(-c3ccccc3)cc(-c3ccccc3)n2)c1. The highest BCUT2D eigenvalue weighted by Crippen LogP contribution is 2.40. The summed E-state index contributed by atoms with van der Waals surface area (Å²) in [5, 5.41) is 15.3. The van der Waals surface area contributed by atoms with E-state index in [0.29, 0.717) is 5.82 Å². The Morgan fingerprint density at radius 2 is 1.12 bits per heavy atom. The molecule has 0 bridgehead atoms. The van der Waals surface area contributed by atoms with Crippen LogP contribution >= 0.6 is 0 Å². The molecule has 0 unspecified atom stereocenters. The van der Waals surface area contributed by atoms with Crippen molar-refractivity contribution in [3.05, 3.63) is 200 Å². The van der Waals surface area contributed by atoms with Gasteiger partial charge in [-0.25, -0.2) is 9.97 Å². The molecule has 11 rings (SSSR count). The molecular weight excluding hydrogens is 707 g/mol. The van der Waals surface area contributed by atoms with Crippen LogP contribution in [0.2, 0.25) is 0 Å². The zero-order valence-corrected chi connectivity index (χ0v) is 31.5. The summed E-state index contributed by atoms with van der Waals surface area (Å²) in [4.78, 5) is 10.3. The van der Waals surface area contributed by atoms with E-state index in [4.69, 9.17) is 15.4 Å². The first-order valence-electron chi connectivity index (χ1n) is 19.4. The zero-order valence-electron chi connectivity index (χ0n) is 31.5. The predicted molar refractivity (Wildman–Crippen MR) is 243 cm³/mol. The molecule has 5 nitrogen and oxygen atoms in total. The van der Waals surface area contributed by atoms with Gasteiger partial charge in [-0.3, -0.25) is 0 Å². The number of aromatic nitrogens is 4. The van der Waals surface area contributed by atoms with Gasteiger partial charge in [-0.2, -0.15) is 0 Å². The van der Waals surface area contributed by atoms with E-state index in [1.807, 2.05) is 42.5 Å². The molecule has 1 N–H and O–H groups in total. The van der Waals surface area contributed by atoms with Crippen LogP contribution in [0.25, 0.3) is 105 Å². The van der Waals surface area contributed by atoms with Crippen LogP contribution in [0.3, 0.4) is 0 Å². The van der Waals surface area contributed by atoms with Gasteiger partial charge in [0, 0.05) is 55.5 Å². The van der Waals surface area contributed by atoms with E-state index < -0.39 is 0 Å². The lowest BCUT2D eigenvalue weighted by Crippen LogP contribution is -1.98. The molecule has 4 aromatic heterocycles. The molecule has 4 heterocycles. The number of hydrogen-bond acceptors (Lipinski definition) is 3. The van der Waals surface area contributed by atoms with Crippen molar-refractivity contribution in [1.82, 2.24) is 18.9 Å². The quantitative estimate of drug-likeness (QED) is 0.100. The van der Waals surface area contributed by atoms with Crippen LogP contribution in [0.1, 0.15) is 5.56 Å². The maximum absolute atomic E-state index is 8.20. The summed E-state index contributed by atoms with van der Waals surface area (Å²) in [7, 11) is 0. The van der Waals surface area contributed by atoms with Gasteiger partial charge in [0.05, 0.1) is 39.0 Å². The maximum Gasteiger partial charge on any atom is 0.160 e. The molecule has 0 fully saturated rings. The fourth-order valence-corrected chi connectivity index (χ4v) is 8.70. The van der Waals surface area contributed by atoms with Gasteiger partial charge in [0.15, 0.2) is 5.82 Å². The van der Waals surface area contributed by atoms with Crippen LogP contribution in [-0.2, 0) is 0 Å². The standard InChI is InChI=1S/C53H35N5/c1-2-14-38(33-54)36-25-26-49-44(28-36)45-29-39-30-51-43-23-10-9-21-41(43)42-22-11-12-24-48(42)58(51)50(39)32-52(45)57(49)40-20-13-19-37(27-40)53-55-46(34-15-5-3-6-16-34)31-47(56-53)35-17-7-4-8-18-35/h2-33,54H,1H2/b38-14+,54-33?. The molecule has 0 radical (unpaired) electrons. The summed E-state index contributed by atoms with van der Waals surface area (Å²) in [6, 6.07) is 62.2. The molecular formula is C53H35N5. The Kier molecular flexibility index (Phi) is 7.73. The predicted octanol–water partition coefficient (Wildman–Crippen LogP) is 13.5. The van der Waals surface area contributed by atoms with Crippen LogP contribution in [0.5, 0.6) is 0 Å². The minimum absolute atomic E-state index is 0.661. The van der Waals surface area contributed by atoms with Crippen LogP contribution in [0, 0.1) is 5.41 Å². The van der Waals surface area contributed by atoms with E-state index >= 15 is 0 Å². The lowest BCUT2D eigenvalue weighted by molar-refractivity contribution is 1.16. The summed E-state index contributed by atoms with van der Waals surface area (Å²) in [5.74, 6) is 0.661. The molecule has 0 aliphatic rings. The van der Waals surface area contributed by atoms with E-state index in [9.17, 15) is 0 Å². The Bertz CT molecular complexity index is 3420. The number of hydrogen-bond donors (Lipinski definition) is 1.